The van der Waals surface area contributed by atoms with Gasteiger partial charge in [-0.3, -0.25) is 0 Å². The van der Waals surface area contributed by atoms with Crippen molar-refractivity contribution in [2.24, 2.45) is 0 Å². The van der Waals surface area contributed by atoms with E-state index in [0.29, 0.717) is 18.0 Å². The maximum absolute atomic E-state index is 13.1. The van der Waals surface area contributed by atoms with Crippen LogP contribution in [0.25, 0.3) is 6.08 Å². The fraction of sp³-hybridized carbons (Fsp3) is 0.273. The van der Waals surface area contributed by atoms with Crippen LogP contribution < -0.4 is 0 Å². The highest BCUT2D eigenvalue weighted by Gasteiger charge is 2.25. The Balaban J connectivity index is 1.94. The predicted octanol–water partition coefficient (Wildman–Crippen LogP) is 4.65. The summed E-state index contributed by atoms with van der Waals surface area (Å²) < 4.78 is 27.7. The van der Waals surface area contributed by atoms with E-state index >= 15 is 0 Å². The van der Waals surface area contributed by atoms with E-state index < -0.39 is 10.0 Å². The molecule has 0 N–H and O–H groups in total. The highest BCUT2D eigenvalue weighted by atomic mass is 32.2. The van der Waals surface area contributed by atoms with E-state index in [9.17, 15) is 8.42 Å². The molecule has 136 valence electrons. The van der Waals surface area contributed by atoms with Gasteiger partial charge in [-0.2, -0.15) is 4.31 Å². The lowest BCUT2D eigenvalue weighted by Gasteiger charge is -2.21. The molecule has 0 bridgehead atoms. The van der Waals surface area contributed by atoms with Crippen LogP contribution in [-0.2, 0) is 10.0 Å². The number of benzene rings is 2. The Labute approximate surface area is 156 Å². The van der Waals surface area contributed by atoms with Crippen LogP contribution in [0.2, 0.25) is 0 Å². The zero-order chi connectivity index (χ0) is 18.7. The van der Waals surface area contributed by atoms with Crippen LogP contribution in [0, 0.1) is 20.8 Å². The van der Waals surface area contributed by atoms with Crippen LogP contribution in [0.5, 0.6) is 0 Å². The number of hydrogen-bond acceptors (Lipinski definition) is 2. The minimum atomic E-state index is -3.50. The van der Waals surface area contributed by atoms with Crippen molar-refractivity contribution in [1.29, 1.82) is 0 Å². The third-order valence-electron chi connectivity index (χ3n) is 4.77. The molecule has 3 rings (SSSR count). The maximum atomic E-state index is 13.1. The quantitative estimate of drug-likeness (QED) is 0.792. The Hall–Kier alpha value is -2.17. The second-order valence-corrected chi connectivity index (χ2v) is 8.81. The van der Waals surface area contributed by atoms with Gasteiger partial charge in [0.25, 0.3) is 0 Å². The molecular formula is C22H25NO2S. The van der Waals surface area contributed by atoms with Crippen LogP contribution in [0.4, 0.5) is 0 Å². The summed E-state index contributed by atoms with van der Waals surface area (Å²) >= 11 is 0. The molecule has 26 heavy (non-hydrogen) atoms. The van der Waals surface area contributed by atoms with Crippen LogP contribution in [0.15, 0.2) is 65.1 Å². The van der Waals surface area contributed by atoms with Crippen LogP contribution in [0.3, 0.4) is 0 Å². The van der Waals surface area contributed by atoms with Gasteiger partial charge in [-0.05, 0) is 67.7 Å². The van der Waals surface area contributed by atoms with E-state index in [1.54, 1.807) is 16.4 Å². The molecule has 0 saturated carbocycles. The normalized spacial score (nSPS) is 17.4. The molecule has 0 radical (unpaired) electrons. The monoisotopic (exact) mass is 367 g/mol. The molecule has 0 fully saturated rings. The second-order valence-electron chi connectivity index (χ2n) is 6.87. The summed E-state index contributed by atoms with van der Waals surface area (Å²) in [7, 11) is -3.50. The molecule has 1 heterocycles. The fourth-order valence-electron chi connectivity index (χ4n) is 3.19. The Morgan fingerprint density at radius 2 is 1.62 bits per heavy atom. The van der Waals surface area contributed by atoms with Crippen molar-refractivity contribution in [2.75, 3.05) is 13.1 Å². The third-order valence-corrected chi connectivity index (χ3v) is 6.63. The first-order valence-electron chi connectivity index (χ1n) is 8.88. The molecule has 0 atom stereocenters. The minimum Gasteiger partial charge on any atom is -0.207 e. The zero-order valence-electron chi connectivity index (χ0n) is 15.6. The summed E-state index contributed by atoms with van der Waals surface area (Å²) in [4.78, 5) is 0.358. The van der Waals surface area contributed by atoms with Crippen LogP contribution in [-0.4, -0.2) is 25.8 Å². The van der Waals surface area contributed by atoms with E-state index in [1.807, 2.05) is 25.1 Å². The van der Waals surface area contributed by atoms with Gasteiger partial charge in [0.05, 0.1) is 4.90 Å². The van der Waals surface area contributed by atoms with Crippen molar-refractivity contribution in [3.63, 3.8) is 0 Å². The summed E-state index contributed by atoms with van der Waals surface area (Å²) in [6, 6.07) is 13.3. The zero-order valence-corrected chi connectivity index (χ0v) is 16.4. The van der Waals surface area contributed by atoms with Gasteiger partial charge in [-0.25, -0.2) is 8.42 Å². The summed E-state index contributed by atoms with van der Waals surface area (Å²) in [6.07, 6.45) is 6.94. The highest BCUT2D eigenvalue weighted by molar-refractivity contribution is 7.89. The molecule has 0 saturated heterocycles. The summed E-state index contributed by atoms with van der Waals surface area (Å²) in [6.45, 7) is 7.01. The van der Waals surface area contributed by atoms with E-state index in [1.165, 1.54) is 16.7 Å². The molecule has 0 unspecified atom stereocenters. The van der Waals surface area contributed by atoms with Crippen molar-refractivity contribution in [3.8, 4) is 0 Å². The Morgan fingerprint density at radius 3 is 2.27 bits per heavy atom. The van der Waals surface area contributed by atoms with Crippen molar-refractivity contribution in [1.82, 2.24) is 4.31 Å². The molecule has 4 heteroatoms. The van der Waals surface area contributed by atoms with Crippen LogP contribution in [0.1, 0.15) is 28.7 Å². The lowest BCUT2D eigenvalue weighted by atomic mass is 10.0. The highest BCUT2D eigenvalue weighted by Crippen LogP contribution is 2.23. The number of hydrogen-bond donors (Lipinski definition) is 0. The number of rotatable bonds is 3. The van der Waals surface area contributed by atoms with E-state index in [2.05, 4.69) is 44.2 Å². The van der Waals surface area contributed by atoms with E-state index in [0.717, 1.165) is 17.6 Å². The average molecular weight is 368 g/mol. The molecule has 2 aromatic rings. The Bertz CT molecular complexity index is 934. The molecule has 0 aliphatic carbocycles. The van der Waals surface area contributed by atoms with Gasteiger partial charge in [0.1, 0.15) is 0 Å². The number of aryl methyl sites for hydroxylation is 3. The Morgan fingerprint density at radius 1 is 0.962 bits per heavy atom. The topological polar surface area (TPSA) is 37.4 Å². The Kier molecular flexibility index (Phi) is 5.44. The molecule has 1 aliphatic heterocycles. The first kappa shape index (κ1) is 18.6. The van der Waals surface area contributed by atoms with Crippen LogP contribution >= 0.6 is 0 Å². The standard InChI is InChI=1S/C22H25NO2S/c1-17-10-12-21(13-11-17)26(24,25)23-14-5-4-9-20(16-23)15-22-18(2)7-6-8-19(22)3/h4,6-13,15H,5,14,16H2,1-3H3/b20-15-. The van der Waals surface area contributed by atoms with Gasteiger partial charge in [-0.15, -0.1) is 0 Å². The van der Waals surface area contributed by atoms with Gasteiger partial charge < -0.3 is 0 Å². The number of nitrogens with zero attached hydrogens (tertiary/aromatic N) is 1. The molecule has 0 amide bonds. The largest absolute Gasteiger partial charge is 0.243 e. The fourth-order valence-corrected chi connectivity index (χ4v) is 4.63. The summed E-state index contributed by atoms with van der Waals surface area (Å²) in [5.74, 6) is 0. The average Bonchev–Trinajstić information content (AvgIpc) is 2.85. The van der Waals surface area contributed by atoms with Gasteiger partial charge in [0, 0.05) is 13.1 Å². The van der Waals surface area contributed by atoms with Gasteiger partial charge in [-0.1, -0.05) is 48.0 Å². The van der Waals surface area contributed by atoms with Gasteiger partial charge in [0.2, 0.25) is 10.0 Å². The third kappa shape index (κ3) is 3.97. The predicted molar refractivity (Wildman–Crippen MR) is 108 cm³/mol. The van der Waals surface area contributed by atoms with Gasteiger partial charge in [0.15, 0.2) is 0 Å². The second kappa shape index (κ2) is 7.60. The molecule has 0 aromatic heterocycles. The lowest BCUT2D eigenvalue weighted by molar-refractivity contribution is 0.448. The van der Waals surface area contributed by atoms with Crippen molar-refractivity contribution in [2.45, 2.75) is 32.1 Å². The van der Waals surface area contributed by atoms with Gasteiger partial charge >= 0.3 is 0 Å². The van der Waals surface area contributed by atoms with Crippen molar-refractivity contribution >= 4 is 16.1 Å². The SMILES string of the molecule is Cc1ccc(S(=O)(=O)N2CCC=C/C(=C/c3c(C)cccc3C)C2)cc1. The van der Waals surface area contributed by atoms with E-state index in [-0.39, 0.29) is 0 Å². The first-order valence-corrected chi connectivity index (χ1v) is 10.3. The van der Waals surface area contributed by atoms with Crippen molar-refractivity contribution < 1.29 is 8.42 Å². The smallest absolute Gasteiger partial charge is 0.207 e. The lowest BCUT2D eigenvalue weighted by Crippen LogP contribution is -2.32. The molecular weight excluding hydrogens is 342 g/mol. The summed E-state index contributed by atoms with van der Waals surface area (Å²) in [5.41, 5.74) is 5.63. The number of sulfonamides is 1. The molecule has 0 spiro atoms. The maximum Gasteiger partial charge on any atom is 0.243 e. The molecule has 1 aliphatic rings. The minimum absolute atomic E-state index is 0.358. The summed E-state index contributed by atoms with van der Waals surface area (Å²) in [5, 5.41) is 0. The first-order chi connectivity index (χ1) is 12.4. The van der Waals surface area contributed by atoms with Crippen molar-refractivity contribution in [3.05, 3.63) is 82.4 Å². The van der Waals surface area contributed by atoms with E-state index in [4.69, 9.17) is 0 Å². The molecule has 2 aromatic carbocycles. The molecule has 3 nitrogen and oxygen atoms in total.